The zero-order valence-corrected chi connectivity index (χ0v) is 18.1. The third-order valence-corrected chi connectivity index (χ3v) is 5.09. The summed E-state index contributed by atoms with van der Waals surface area (Å²) in [5, 5.41) is 3.15. The van der Waals surface area contributed by atoms with Crippen molar-refractivity contribution in [1.29, 1.82) is 0 Å². The van der Waals surface area contributed by atoms with Crippen LogP contribution in [0.15, 0.2) is 46.9 Å². The van der Waals surface area contributed by atoms with Crippen molar-refractivity contribution in [2.24, 2.45) is 0 Å². The molecule has 0 fully saturated rings. The standard InChI is InChI=1S/C22H30BrFN2O/c1-25-14-6-4-5-7-15-27-19-12-13-20(21(24)16-19)22(26(2)3)17-8-10-18(23)11-9-17/h8-13,16,22,25H,4-7,14-15H2,1-3H3. The van der Waals surface area contributed by atoms with Gasteiger partial charge in [-0.25, -0.2) is 4.39 Å². The van der Waals surface area contributed by atoms with Crippen molar-refractivity contribution in [2.75, 3.05) is 34.3 Å². The van der Waals surface area contributed by atoms with E-state index in [4.69, 9.17) is 4.74 Å². The number of unbranched alkanes of at least 4 members (excludes halogenated alkanes) is 3. The molecule has 2 aromatic carbocycles. The van der Waals surface area contributed by atoms with Crippen molar-refractivity contribution in [2.45, 2.75) is 31.7 Å². The van der Waals surface area contributed by atoms with Gasteiger partial charge in [-0.2, -0.15) is 0 Å². The number of nitrogens with zero attached hydrogens (tertiary/aromatic N) is 1. The fourth-order valence-corrected chi connectivity index (χ4v) is 3.43. The van der Waals surface area contributed by atoms with Gasteiger partial charge >= 0.3 is 0 Å². The Labute approximate surface area is 171 Å². The first-order chi connectivity index (χ1) is 13.0. The molecule has 3 nitrogen and oxygen atoms in total. The molecule has 0 aliphatic heterocycles. The summed E-state index contributed by atoms with van der Waals surface area (Å²) in [6.45, 7) is 1.68. The molecular weight excluding hydrogens is 407 g/mol. The predicted octanol–water partition coefficient (Wildman–Crippen LogP) is 5.40. The molecule has 0 aliphatic carbocycles. The molecule has 0 saturated carbocycles. The number of hydrogen-bond acceptors (Lipinski definition) is 3. The van der Waals surface area contributed by atoms with Crippen LogP contribution in [0.1, 0.15) is 42.9 Å². The molecule has 0 amide bonds. The van der Waals surface area contributed by atoms with Gasteiger partial charge in [0.25, 0.3) is 0 Å². The first-order valence-electron chi connectivity index (χ1n) is 9.51. The van der Waals surface area contributed by atoms with Gasteiger partial charge in [0.1, 0.15) is 11.6 Å². The van der Waals surface area contributed by atoms with Crippen LogP contribution in [0.3, 0.4) is 0 Å². The minimum Gasteiger partial charge on any atom is -0.493 e. The number of nitrogens with one attached hydrogen (secondary N) is 1. The highest BCUT2D eigenvalue weighted by Crippen LogP contribution is 2.31. The van der Waals surface area contributed by atoms with Crippen LogP contribution in [0.25, 0.3) is 0 Å². The second kappa shape index (κ2) is 11.4. The topological polar surface area (TPSA) is 24.5 Å². The normalized spacial score (nSPS) is 12.4. The number of halogens is 2. The van der Waals surface area contributed by atoms with E-state index in [2.05, 4.69) is 21.2 Å². The third kappa shape index (κ3) is 6.91. The highest BCUT2D eigenvalue weighted by Gasteiger charge is 2.20. The van der Waals surface area contributed by atoms with Crippen LogP contribution in [0, 0.1) is 5.82 Å². The summed E-state index contributed by atoms with van der Waals surface area (Å²) in [5.41, 5.74) is 1.71. The first kappa shape index (κ1) is 21.9. The lowest BCUT2D eigenvalue weighted by Gasteiger charge is -2.26. The van der Waals surface area contributed by atoms with E-state index in [1.165, 1.54) is 18.9 Å². The van der Waals surface area contributed by atoms with E-state index in [0.717, 1.165) is 29.4 Å². The van der Waals surface area contributed by atoms with Crippen LogP contribution in [0.4, 0.5) is 4.39 Å². The molecule has 0 spiro atoms. The SMILES string of the molecule is CNCCCCCCOc1ccc(C(c2ccc(Br)cc2)N(C)C)c(F)c1. The Morgan fingerprint density at radius 1 is 1.04 bits per heavy atom. The van der Waals surface area contributed by atoms with Crippen molar-refractivity contribution in [3.63, 3.8) is 0 Å². The monoisotopic (exact) mass is 436 g/mol. The molecule has 148 valence electrons. The molecule has 27 heavy (non-hydrogen) atoms. The molecule has 0 aromatic heterocycles. The molecule has 2 aromatic rings. The Morgan fingerprint density at radius 2 is 1.74 bits per heavy atom. The summed E-state index contributed by atoms with van der Waals surface area (Å²) >= 11 is 3.45. The van der Waals surface area contributed by atoms with Crippen molar-refractivity contribution < 1.29 is 9.13 Å². The average molecular weight is 437 g/mol. The highest BCUT2D eigenvalue weighted by molar-refractivity contribution is 9.10. The van der Waals surface area contributed by atoms with Gasteiger partial charge in [-0.3, -0.25) is 4.90 Å². The summed E-state index contributed by atoms with van der Waals surface area (Å²) in [7, 11) is 5.90. The van der Waals surface area contributed by atoms with Crippen molar-refractivity contribution >= 4 is 15.9 Å². The number of ether oxygens (including phenoxy) is 1. The summed E-state index contributed by atoms with van der Waals surface area (Å²) < 4.78 is 21.6. The molecule has 0 bridgehead atoms. The number of benzene rings is 2. The molecule has 0 heterocycles. The maximum absolute atomic E-state index is 14.8. The van der Waals surface area contributed by atoms with Gasteiger partial charge in [0.2, 0.25) is 0 Å². The molecule has 0 radical (unpaired) electrons. The Bertz CT molecular complexity index is 691. The van der Waals surface area contributed by atoms with Crippen LogP contribution in [0.5, 0.6) is 5.75 Å². The van der Waals surface area contributed by atoms with Crippen molar-refractivity contribution in [1.82, 2.24) is 10.2 Å². The molecule has 2 rings (SSSR count). The Hall–Kier alpha value is -1.43. The summed E-state index contributed by atoms with van der Waals surface area (Å²) in [6.07, 6.45) is 4.50. The minimum absolute atomic E-state index is 0.140. The molecule has 1 unspecified atom stereocenters. The zero-order valence-electron chi connectivity index (χ0n) is 16.5. The number of hydrogen-bond donors (Lipinski definition) is 1. The molecular formula is C22H30BrFN2O. The van der Waals surface area contributed by atoms with E-state index in [1.54, 1.807) is 0 Å². The Balaban J connectivity index is 1.98. The lowest BCUT2D eigenvalue weighted by atomic mass is 9.97. The fourth-order valence-electron chi connectivity index (χ4n) is 3.17. The van der Waals surface area contributed by atoms with E-state index < -0.39 is 0 Å². The molecule has 1 N–H and O–H groups in total. The third-order valence-electron chi connectivity index (χ3n) is 4.56. The van der Waals surface area contributed by atoms with Crippen LogP contribution < -0.4 is 10.1 Å². The number of rotatable bonds is 11. The highest BCUT2D eigenvalue weighted by atomic mass is 79.9. The Kier molecular flexibility index (Phi) is 9.25. The summed E-state index contributed by atoms with van der Waals surface area (Å²) in [5.74, 6) is 0.364. The van der Waals surface area contributed by atoms with Gasteiger partial charge in [-0.05, 0) is 64.3 Å². The molecule has 0 saturated heterocycles. The lowest BCUT2D eigenvalue weighted by molar-refractivity contribution is 0.301. The van der Waals surface area contributed by atoms with E-state index in [9.17, 15) is 4.39 Å². The molecule has 0 aliphatic rings. The smallest absolute Gasteiger partial charge is 0.132 e. The quantitative estimate of drug-likeness (QED) is 0.477. The van der Waals surface area contributed by atoms with E-state index in [0.29, 0.717) is 17.9 Å². The molecule has 1 atom stereocenters. The average Bonchev–Trinajstić information content (AvgIpc) is 2.64. The maximum Gasteiger partial charge on any atom is 0.132 e. The van der Waals surface area contributed by atoms with Crippen LogP contribution in [0.2, 0.25) is 0 Å². The maximum atomic E-state index is 14.8. The molecule has 5 heteroatoms. The lowest BCUT2D eigenvalue weighted by Crippen LogP contribution is -2.22. The van der Waals surface area contributed by atoms with E-state index >= 15 is 0 Å². The van der Waals surface area contributed by atoms with Gasteiger partial charge < -0.3 is 10.1 Å². The summed E-state index contributed by atoms with van der Waals surface area (Å²) in [6, 6.07) is 13.1. The largest absolute Gasteiger partial charge is 0.493 e. The van der Waals surface area contributed by atoms with E-state index in [-0.39, 0.29) is 11.9 Å². The fraction of sp³-hybridized carbons (Fsp3) is 0.455. The van der Waals surface area contributed by atoms with Gasteiger partial charge in [0.15, 0.2) is 0 Å². The zero-order chi connectivity index (χ0) is 19.6. The first-order valence-corrected chi connectivity index (χ1v) is 10.3. The van der Waals surface area contributed by atoms with Crippen LogP contribution in [-0.4, -0.2) is 39.2 Å². The summed E-state index contributed by atoms with van der Waals surface area (Å²) in [4.78, 5) is 2.02. The second-order valence-corrected chi connectivity index (χ2v) is 7.88. The van der Waals surface area contributed by atoms with Crippen molar-refractivity contribution in [3.8, 4) is 5.75 Å². The van der Waals surface area contributed by atoms with Crippen LogP contribution in [-0.2, 0) is 0 Å². The Morgan fingerprint density at radius 3 is 2.37 bits per heavy atom. The van der Waals surface area contributed by atoms with Crippen molar-refractivity contribution in [3.05, 3.63) is 63.9 Å². The van der Waals surface area contributed by atoms with Gasteiger partial charge in [0, 0.05) is 16.1 Å². The van der Waals surface area contributed by atoms with E-state index in [1.807, 2.05) is 62.4 Å². The predicted molar refractivity (Wildman–Crippen MR) is 114 cm³/mol. The van der Waals surface area contributed by atoms with Gasteiger partial charge in [-0.15, -0.1) is 0 Å². The minimum atomic E-state index is -0.233. The van der Waals surface area contributed by atoms with Crippen LogP contribution >= 0.6 is 15.9 Å². The van der Waals surface area contributed by atoms with Gasteiger partial charge in [-0.1, -0.05) is 47.0 Å². The van der Waals surface area contributed by atoms with Gasteiger partial charge in [0.05, 0.1) is 12.6 Å². The second-order valence-electron chi connectivity index (χ2n) is 6.97.